The highest BCUT2D eigenvalue weighted by Crippen LogP contribution is 2.41. The maximum atomic E-state index is 12.3. The summed E-state index contributed by atoms with van der Waals surface area (Å²) in [7, 11) is -4.07. The molecular formula is C20H24N7O5P. The molecule has 13 heteroatoms. The summed E-state index contributed by atoms with van der Waals surface area (Å²) in [5.74, 6) is -0.628. The van der Waals surface area contributed by atoms with E-state index >= 15 is 0 Å². The lowest BCUT2D eigenvalue weighted by Crippen LogP contribution is -2.25. The summed E-state index contributed by atoms with van der Waals surface area (Å²) in [5, 5.41) is 0. The standard InChI is InChI=1S/C20H24N7O5P/c21-19-18-20(24-12-23-19)27(13-25-18)16-7-6-15(8-16)11-31-33(22,29)32-17(28)9-26-30-10-14-4-2-1-3-5-14/h1-7,12-13,15-16,26H,8-11H2,(H2,22,29)(H2,21,23,24)/t15-,16+,33?/m0/s1. The van der Waals surface area contributed by atoms with Crippen LogP contribution in [-0.2, 0) is 29.9 Å². The van der Waals surface area contributed by atoms with Crippen LogP contribution in [-0.4, -0.2) is 38.6 Å². The van der Waals surface area contributed by atoms with Crippen LogP contribution in [0.5, 0.6) is 0 Å². The number of rotatable bonds is 10. The molecule has 0 amide bonds. The monoisotopic (exact) mass is 473 g/mol. The van der Waals surface area contributed by atoms with Gasteiger partial charge in [-0.25, -0.2) is 25.0 Å². The van der Waals surface area contributed by atoms with Gasteiger partial charge in [0.05, 0.1) is 25.6 Å². The Bertz CT molecular complexity index is 1190. The Labute approximate surface area is 189 Å². The molecule has 3 aromatic rings. The highest BCUT2D eigenvalue weighted by molar-refractivity contribution is 7.51. The van der Waals surface area contributed by atoms with E-state index in [1.807, 2.05) is 47.1 Å². The summed E-state index contributed by atoms with van der Waals surface area (Å²) < 4.78 is 24.2. The first-order valence-corrected chi connectivity index (χ1v) is 11.8. The van der Waals surface area contributed by atoms with Gasteiger partial charge in [0, 0.05) is 5.92 Å². The first-order valence-electron chi connectivity index (χ1n) is 10.2. The van der Waals surface area contributed by atoms with Crippen molar-refractivity contribution in [3.8, 4) is 0 Å². The molecule has 0 saturated carbocycles. The molecule has 0 aliphatic heterocycles. The van der Waals surface area contributed by atoms with E-state index in [1.165, 1.54) is 6.33 Å². The number of imidazole rings is 1. The summed E-state index contributed by atoms with van der Waals surface area (Å²) in [6.07, 6.45) is 7.56. The molecule has 33 heavy (non-hydrogen) atoms. The molecule has 2 heterocycles. The lowest BCUT2D eigenvalue weighted by atomic mass is 10.1. The summed E-state index contributed by atoms with van der Waals surface area (Å²) >= 11 is 0. The summed E-state index contributed by atoms with van der Waals surface area (Å²) in [6.45, 7) is -0.0534. The molecule has 174 valence electrons. The first-order chi connectivity index (χ1) is 15.9. The number of nitrogens with zero attached hydrogens (tertiary/aromatic N) is 4. The molecule has 12 nitrogen and oxygen atoms in total. The van der Waals surface area contributed by atoms with Crippen LogP contribution in [0.4, 0.5) is 5.82 Å². The van der Waals surface area contributed by atoms with Gasteiger partial charge in [-0.3, -0.25) is 14.2 Å². The third-order valence-corrected chi connectivity index (χ3v) is 5.96. The number of nitrogens with two attached hydrogens (primary N) is 2. The molecule has 0 saturated heterocycles. The molecular weight excluding hydrogens is 449 g/mol. The average molecular weight is 473 g/mol. The molecule has 0 spiro atoms. The fourth-order valence-corrected chi connectivity index (χ4v) is 4.21. The topological polar surface area (TPSA) is 169 Å². The van der Waals surface area contributed by atoms with Crippen molar-refractivity contribution in [2.75, 3.05) is 18.9 Å². The number of benzene rings is 1. The largest absolute Gasteiger partial charge is 0.458 e. The van der Waals surface area contributed by atoms with Crippen LogP contribution in [0.1, 0.15) is 18.0 Å². The Balaban J connectivity index is 1.20. The van der Waals surface area contributed by atoms with E-state index in [-0.39, 0.29) is 31.7 Å². The molecule has 0 radical (unpaired) electrons. The maximum absolute atomic E-state index is 12.3. The SMILES string of the molecule is Nc1ncnc2c1ncn2[C@@H]1C=C[C@H](COP(N)(=O)OC(=O)CNOCc2ccccc2)C1. The van der Waals surface area contributed by atoms with Crippen molar-refractivity contribution in [1.82, 2.24) is 25.0 Å². The molecule has 4 rings (SSSR count). The van der Waals surface area contributed by atoms with Crippen molar-refractivity contribution in [2.24, 2.45) is 11.4 Å². The van der Waals surface area contributed by atoms with Crippen LogP contribution in [0.2, 0.25) is 0 Å². The third-order valence-electron chi connectivity index (χ3n) is 4.99. The van der Waals surface area contributed by atoms with Gasteiger partial charge in [-0.2, -0.15) is 5.48 Å². The first kappa shape index (κ1) is 23.0. The number of hydrogen-bond donors (Lipinski definition) is 3. The number of hydroxylamine groups is 1. The molecule has 1 unspecified atom stereocenters. The van der Waals surface area contributed by atoms with Gasteiger partial charge < -0.3 is 14.8 Å². The number of allylic oxidation sites excluding steroid dienone is 1. The minimum atomic E-state index is -4.07. The third kappa shape index (κ3) is 6.01. The van der Waals surface area contributed by atoms with Crippen LogP contribution < -0.4 is 16.7 Å². The summed E-state index contributed by atoms with van der Waals surface area (Å²) in [6, 6.07) is 9.35. The van der Waals surface area contributed by atoms with E-state index in [9.17, 15) is 9.36 Å². The normalized spacial score (nSPS) is 19.5. The van der Waals surface area contributed by atoms with Crippen LogP contribution in [0.3, 0.4) is 0 Å². The molecule has 5 N–H and O–H groups in total. The lowest BCUT2D eigenvalue weighted by molar-refractivity contribution is -0.137. The molecule has 0 fully saturated rings. The number of fused-ring (bicyclic) bond motifs is 1. The van der Waals surface area contributed by atoms with Crippen LogP contribution in [0.25, 0.3) is 11.2 Å². The van der Waals surface area contributed by atoms with E-state index in [2.05, 4.69) is 20.4 Å². The fourth-order valence-electron chi connectivity index (χ4n) is 3.41. The van der Waals surface area contributed by atoms with E-state index in [0.717, 1.165) is 5.56 Å². The predicted molar refractivity (Wildman–Crippen MR) is 119 cm³/mol. The second-order valence-corrected chi connectivity index (χ2v) is 8.95. The van der Waals surface area contributed by atoms with Gasteiger partial charge >= 0.3 is 13.7 Å². The summed E-state index contributed by atoms with van der Waals surface area (Å²) in [4.78, 5) is 29.5. The Kier molecular flexibility index (Phi) is 7.11. The average Bonchev–Trinajstić information content (AvgIpc) is 3.43. The van der Waals surface area contributed by atoms with E-state index in [4.69, 9.17) is 25.1 Å². The van der Waals surface area contributed by atoms with Gasteiger partial charge in [-0.15, -0.1) is 0 Å². The predicted octanol–water partition coefficient (Wildman–Crippen LogP) is 1.87. The second-order valence-electron chi connectivity index (χ2n) is 7.43. The highest BCUT2D eigenvalue weighted by atomic mass is 31.2. The van der Waals surface area contributed by atoms with Gasteiger partial charge in [-0.1, -0.05) is 42.5 Å². The van der Waals surface area contributed by atoms with Crippen LogP contribution in [0, 0.1) is 5.92 Å². The van der Waals surface area contributed by atoms with Crippen LogP contribution >= 0.6 is 7.75 Å². The number of aromatic nitrogens is 4. The molecule has 2 aromatic heterocycles. The van der Waals surface area contributed by atoms with Crippen molar-refractivity contribution >= 4 is 30.7 Å². The number of carbonyl (C=O) groups is 1. The molecule has 1 aromatic carbocycles. The number of anilines is 1. The fraction of sp³-hybridized carbons (Fsp3) is 0.300. The zero-order valence-electron chi connectivity index (χ0n) is 17.6. The molecule has 0 bridgehead atoms. The van der Waals surface area contributed by atoms with Crippen molar-refractivity contribution in [3.63, 3.8) is 0 Å². The second kappa shape index (κ2) is 10.2. The minimum Gasteiger partial charge on any atom is -0.382 e. The van der Waals surface area contributed by atoms with Gasteiger partial charge in [0.2, 0.25) is 0 Å². The van der Waals surface area contributed by atoms with Crippen molar-refractivity contribution in [1.29, 1.82) is 0 Å². The van der Waals surface area contributed by atoms with Crippen molar-refractivity contribution < 1.29 is 23.2 Å². The van der Waals surface area contributed by atoms with Gasteiger partial charge in [-0.05, 0) is 12.0 Å². The van der Waals surface area contributed by atoms with E-state index < -0.39 is 13.7 Å². The molecule has 1 aliphatic carbocycles. The van der Waals surface area contributed by atoms with Crippen molar-refractivity contribution in [3.05, 3.63) is 60.7 Å². The van der Waals surface area contributed by atoms with E-state index in [1.54, 1.807) is 6.33 Å². The zero-order valence-corrected chi connectivity index (χ0v) is 18.5. The zero-order chi connectivity index (χ0) is 23.3. The van der Waals surface area contributed by atoms with Crippen molar-refractivity contribution in [2.45, 2.75) is 19.1 Å². The summed E-state index contributed by atoms with van der Waals surface area (Å²) in [5.41, 5.74) is 15.9. The Hall–Kier alpha value is -3.15. The minimum absolute atomic E-state index is 0.0236. The maximum Gasteiger partial charge on any atom is 0.458 e. The Morgan fingerprint density at radius 3 is 2.85 bits per heavy atom. The lowest BCUT2D eigenvalue weighted by Gasteiger charge is -2.17. The highest BCUT2D eigenvalue weighted by Gasteiger charge is 2.28. The molecule has 3 atom stereocenters. The Morgan fingerprint density at radius 2 is 2.03 bits per heavy atom. The molecule has 1 aliphatic rings. The quantitative estimate of drug-likeness (QED) is 0.170. The van der Waals surface area contributed by atoms with Gasteiger partial charge in [0.25, 0.3) is 0 Å². The number of nitrogen functional groups attached to an aromatic ring is 1. The number of hydrogen-bond acceptors (Lipinski definition) is 10. The van der Waals surface area contributed by atoms with Crippen LogP contribution in [0.15, 0.2) is 55.1 Å². The number of carbonyl (C=O) groups excluding carboxylic acids is 1. The van der Waals surface area contributed by atoms with E-state index in [0.29, 0.717) is 23.4 Å². The smallest absolute Gasteiger partial charge is 0.382 e. The number of nitrogens with one attached hydrogen (secondary N) is 1. The van der Waals surface area contributed by atoms with Gasteiger partial charge in [0.1, 0.15) is 18.4 Å². The Morgan fingerprint density at radius 1 is 1.21 bits per heavy atom. The van der Waals surface area contributed by atoms with Gasteiger partial charge in [0.15, 0.2) is 11.5 Å².